The molecule has 120 valence electrons. The summed E-state index contributed by atoms with van der Waals surface area (Å²) in [7, 11) is 0. The summed E-state index contributed by atoms with van der Waals surface area (Å²) in [5, 5.41) is 3.57. The van der Waals surface area contributed by atoms with Gasteiger partial charge in [-0.3, -0.25) is 9.59 Å². The number of nitrogens with zero attached hydrogens (tertiary/aromatic N) is 2. The predicted molar refractivity (Wildman–Crippen MR) is 80.7 cm³/mol. The summed E-state index contributed by atoms with van der Waals surface area (Å²) in [6, 6.07) is 1.73. The second kappa shape index (κ2) is 6.34. The van der Waals surface area contributed by atoms with Gasteiger partial charge in [0.15, 0.2) is 0 Å². The number of morpholine rings is 1. The fraction of sp³-hybridized carbons (Fsp3) is 0.600. The van der Waals surface area contributed by atoms with E-state index in [2.05, 4.69) is 0 Å². The summed E-state index contributed by atoms with van der Waals surface area (Å²) in [5.74, 6) is -0.698. The highest BCUT2D eigenvalue weighted by molar-refractivity contribution is 7.08. The van der Waals surface area contributed by atoms with E-state index in [4.69, 9.17) is 4.74 Å². The van der Waals surface area contributed by atoms with Gasteiger partial charge < -0.3 is 14.5 Å². The van der Waals surface area contributed by atoms with E-state index in [0.29, 0.717) is 44.8 Å². The largest absolute Gasteiger partial charge is 0.378 e. The van der Waals surface area contributed by atoms with Gasteiger partial charge >= 0.3 is 0 Å². The van der Waals surface area contributed by atoms with Crippen molar-refractivity contribution in [2.24, 2.45) is 0 Å². The highest BCUT2D eigenvalue weighted by atomic mass is 32.1. The zero-order valence-corrected chi connectivity index (χ0v) is 13.1. The Kier molecular flexibility index (Phi) is 4.44. The van der Waals surface area contributed by atoms with Crippen LogP contribution in [0.2, 0.25) is 0 Å². The minimum Gasteiger partial charge on any atom is -0.378 e. The third kappa shape index (κ3) is 3.01. The Labute approximate surface area is 132 Å². The Morgan fingerprint density at radius 1 is 1.23 bits per heavy atom. The van der Waals surface area contributed by atoms with Crippen LogP contribution >= 0.6 is 11.3 Å². The molecule has 1 unspecified atom stereocenters. The van der Waals surface area contributed by atoms with Crippen LogP contribution in [0.5, 0.6) is 0 Å². The van der Waals surface area contributed by atoms with Crippen LogP contribution in [-0.4, -0.2) is 66.7 Å². The smallest absolute Gasteiger partial charge is 0.262 e. The van der Waals surface area contributed by atoms with Crippen LogP contribution in [0.15, 0.2) is 16.8 Å². The van der Waals surface area contributed by atoms with Crippen molar-refractivity contribution in [3.63, 3.8) is 0 Å². The van der Waals surface area contributed by atoms with Gasteiger partial charge in [0.2, 0.25) is 5.67 Å². The maximum Gasteiger partial charge on any atom is 0.262 e. The summed E-state index contributed by atoms with van der Waals surface area (Å²) < 4.78 is 20.4. The Morgan fingerprint density at radius 3 is 2.68 bits per heavy atom. The minimum absolute atomic E-state index is 0.155. The molecule has 2 amide bonds. The SMILES string of the molecule is O=C(c1ccsc1)N1CCCC(F)(C(=O)N2CCOCC2)C1. The van der Waals surface area contributed by atoms with Crippen LogP contribution in [0.25, 0.3) is 0 Å². The van der Waals surface area contributed by atoms with Crippen molar-refractivity contribution in [1.29, 1.82) is 0 Å². The van der Waals surface area contributed by atoms with E-state index < -0.39 is 11.6 Å². The van der Waals surface area contributed by atoms with Crippen LogP contribution in [0.4, 0.5) is 4.39 Å². The number of likely N-dealkylation sites (tertiary alicyclic amines) is 1. The molecule has 2 fully saturated rings. The number of hydrogen-bond donors (Lipinski definition) is 0. The average molecular weight is 326 g/mol. The highest BCUT2D eigenvalue weighted by Gasteiger charge is 2.46. The van der Waals surface area contributed by atoms with E-state index in [1.807, 2.05) is 5.38 Å². The van der Waals surface area contributed by atoms with E-state index in [-0.39, 0.29) is 18.9 Å². The summed E-state index contributed by atoms with van der Waals surface area (Å²) in [4.78, 5) is 27.8. The first-order valence-electron chi connectivity index (χ1n) is 7.48. The van der Waals surface area contributed by atoms with Crippen molar-refractivity contribution in [3.8, 4) is 0 Å². The average Bonchev–Trinajstić information content (AvgIpc) is 3.09. The Hall–Kier alpha value is -1.47. The lowest BCUT2D eigenvalue weighted by Crippen LogP contribution is -2.58. The summed E-state index contributed by atoms with van der Waals surface area (Å²) >= 11 is 1.43. The van der Waals surface area contributed by atoms with Crippen LogP contribution < -0.4 is 0 Å². The standard InChI is InChI=1S/C15H19FN2O3S/c16-15(14(20)17-5-7-21-8-6-17)3-1-4-18(11-15)13(19)12-2-9-22-10-12/h2,9-10H,1,3-8,11H2. The molecule has 0 radical (unpaired) electrons. The number of piperidine rings is 1. The zero-order chi connectivity index (χ0) is 15.6. The van der Waals surface area contributed by atoms with Crippen LogP contribution in [0.1, 0.15) is 23.2 Å². The highest BCUT2D eigenvalue weighted by Crippen LogP contribution is 2.29. The monoisotopic (exact) mass is 326 g/mol. The molecule has 0 aromatic carbocycles. The van der Waals surface area contributed by atoms with Gasteiger partial charge in [-0.05, 0) is 24.3 Å². The molecule has 3 rings (SSSR count). The fourth-order valence-electron chi connectivity index (χ4n) is 2.98. The van der Waals surface area contributed by atoms with E-state index in [1.165, 1.54) is 21.1 Å². The number of hydrogen-bond acceptors (Lipinski definition) is 4. The second-order valence-corrected chi connectivity index (χ2v) is 6.49. The molecule has 0 bridgehead atoms. The molecule has 1 atom stereocenters. The maximum absolute atomic E-state index is 15.2. The van der Waals surface area contributed by atoms with E-state index in [9.17, 15) is 9.59 Å². The number of thiophene rings is 1. The molecular weight excluding hydrogens is 307 g/mol. The van der Waals surface area contributed by atoms with Crippen molar-refractivity contribution in [3.05, 3.63) is 22.4 Å². The molecule has 7 heteroatoms. The number of amides is 2. The number of halogens is 1. The van der Waals surface area contributed by atoms with Gasteiger partial charge in [0.05, 0.1) is 25.3 Å². The van der Waals surface area contributed by atoms with E-state index in [1.54, 1.807) is 11.4 Å². The molecule has 3 heterocycles. The minimum atomic E-state index is -1.97. The van der Waals surface area contributed by atoms with Crippen LogP contribution in [-0.2, 0) is 9.53 Å². The predicted octanol–water partition coefficient (Wildman–Crippen LogP) is 1.55. The first-order valence-corrected chi connectivity index (χ1v) is 8.42. The normalized spacial score (nSPS) is 26.0. The summed E-state index contributed by atoms with van der Waals surface area (Å²) in [5.41, 5.74) is -1.41. The topological polar surface area (TPSA) is 49.9 Å². The number of rotatable bonds is 2. The van der Waals surface area contributed by atoms with Crippen molar-refractivity contribution in [1.82, 2.24) is 9.80 Å². The Morgan fingerprint density at radius 2 is 2.00 bits per heavy atom. The van der Waals surface area contributed by atoms with Crippen LogP contribution in [0.3, 0.4) is 0 Å². The Bertz CT molecular complexity index is 545. The third-order valence-electron chi connectivity index (χ3n) is 4.18. The van der Waals surface area contributed by atoms with Gasteiger partial charge in [0, 0.05) is 25.0 Å². The van der Waals surface area contributed by atoms with Crippen LogP contribution in [0, 0.1) is 0 Å². The molecule has 1 aromatic rings. The molecule has 0 N–H and O–H groups in total. The van der Waals surface area contributed by atoms with Gasteiger partial charge in [-0.2, -0.15) is 11.3 Å². The fourth-order valence-corrected chi connectivity index (χ4v) is 3.61. The molecule has 2 saturated heterocycles. The molecule has 0 spiro atoms. The lowest BCUT2D eigenvalue weighted by Gasteiger charge is -2.39. The molecule has 0 saturated carbocycles. The molecule has 5 nitrogen and oxygen atoms in total. The maximum atomic E-state index is 15.2. The number of alkyl halides is 1. The van der Waals surface area contributed by atoms with E-state index >= 15 is 4.39 Å². The Balaban J connectivity index is 1.70. The first-order chi connectivity index (χ1) is 10.6. The third-order valence-corrected chi connectivity index (χ3v) is 4.86. The zero-order valence-electron chi connectivity index (χ0n) is 12.3. The van der Waals surface area contributed by atoms with Gasteiger partial charge in [0.25, 0.3) is 11.8 Å². The number of carbonyl (C=O) groups excluding carboxylic acids is 2. The molecule has 2 aliphatic rings. The lowest BCUT2D eigenvalue weighted by molar-refractivity contribution is -0.151. The second-order valence-electron chi connectivity index (χ2n) is 5.71. The first kappa shape index (κ1) is 15.4. The quantitative estimate of drug-likeness (QED) is 0.828. The molecule has 2 aliphatic heterocycles. The van der Waals surface area contributed by atoms with Gasteiger partial charge in [-0.15, -0.1) is 0 Å². The van der Waals surface area contributed by atoms with Crippen molar-refractivity contribution >= 4 is 23.2 Å². The van der Waals surface area contributed by atoms with Crippen molar-refractivity contribution in [2.45, 2.75) is 18.5 Å². The molecule has 1 aromatic heterocycles. The summed E-state index contributed by atoms with van der Waals surface area (Å²) in [6.07, 6.45) is 0.680. The van der Waals surface area contributed by atoms with Gasteiger partial charge in [0.1, 0.15) is 0 Å². The van der Waals surface area contributed by atoms with Gasteiger partial charge in [-0.25, -0.2) is 4.39 Å². The van der Waals surface area contributed by atoms with Crippen molar-refractivity contribution < 1.29 is 18.7 Å². The van der Waals surface area contributed by atoms with Crippen molar-refractivity contribution in [2.75, 3.05) is 39.4 Å². The lowest BCUT2D eigenvalue weighted by atomic mass is 9.92. The molecule has 22 heavy (non-hydrogen) atoms. The molecule has 0 aliphatic carbocycles. The molecular formula is C15H19FN2O3S. The summed E-state index contributed by atoms with van der Waals surface area (Å²) in [6.45, 7) is 2.07. The number of carbonyl (C=O) groups is 2. The van der Waals surface area contributed by atoms with Gasteiger partial charge in [-0.1, -0.05) is 0 Å². The number of ether oxygens (including phenoxy) is 1. The van der Waals surface area contributed by atoms with E-state index in [0.717, 1.165) is 0 Å².